The summed E-state index contributed by atoms with van der Waals surface area (Å²) in [5, 5.41) is 7.62. The Morgan fingerprint density at radius 2 is 1.70 bits per heavy atom. The Hall–Kier alpha value is -2.56. The number of carbonyl (C=O) groups excluding carboxylic acids is 2. The molecule has 0 radical (unpaired) electrons. The SMILES string of the molecule is COc1ccc2cc([C@@H](C)C(=O)NCCNC(C)=O)ccc2c1. The Morgan fingerprint density at radius 3 is 2.39 bits per heavy atom. The first-order chi connectivity index (χ1) is 11.0. The molecule has 0 unspecified atom stereocenters. The fourth-order valence-electron chi connectivity index (χ4n) is 2.37. The standard InChI is InChI=1S/C18H22N2O3/c1-12(18(22)20-9-8-19-13(2)21)14-4-5-16-11-17(23-3)7-6-15(16)10-14/h4-7,10-12H,8-9H2,1-3H3,(H,19,21)(H,20,22)/t12-/m1/s1. The monoisotopic (exact) mass is 314 g/mol. The average Bonchev–Trinajstić information content (AvgIpc) is 2.56. The molecule has 0 aliphatic heterocycles. The van der Waals surface area contributed by atoms with Crippen molar-refractivity contribution in [3.63, 3.8) is 0 Å². The zero-order chi connectivity index (χ0) is 16.8. The van der Waals surface area contributed by atoms with Gasteiger partial charge in [-0.25, -0.2) is 0 Å². The number of benzene rings is 2. The highest BCUT2D eigenvalue weighted by atomic mass is 16.5. The lowest BCUT2D eigenvalue weighted by Crippen LogP contribution is -2.35. The summed E-state index contributed by atoms with van der Waals surface area (Å²) < 4.78 is 5.22. The van der Waals surface area contributed by atoms with Crippen molar-refractivity contribution in [1.82, 2.24) is 10.6 Å². The van der Waals surface area contributed by atoms with E-state index in [0.29, 0.717) is 13.1 Å². The minimum Gasteiger partial charge on any atom is -0.497 e. The van der Waals surface area contributed by atoms with E-state index in [4.69, 9.17) is 4.74 Å². The van der Waals surface area contributed by atoms with Gasteiger partial charge in [0.1, 0.15) is 5.75 Å². The normalized spacial score (nSPS) is 11.8. The summed E-state index contributed by atoms with van der Waals surface area (Å²) in [5.74, 6) is 0.410. The highest BCUT2D eigenvalue weighted by Gasteiger charge is 2.15. The van der Waals surface area contributed by atoms with Crippen molar-refractivity contribution < 1.29 is 14.3 Å². The lowest BCUT2D eigenvalue weighted by molar-refractivity contribution is -0.123. The molecule has 2 N–H and O–H groups in total. The van der Waals surface area contributed by atoms with Gasteiger partial charge in [0.25, 0.3) is 0 Å². The molecule has 2 aromatic rings. The van der Waals surface area contributed by atoms with E-state index >= 15 is 0 Å². The fourth-order valence-corrected chi connectivity index (χ4v) is 2.37. The van der Waals surface area contributed by atoms with Crippen molar-refractivity contribution >= 4 is 22.6 Å². The molecule has 2 aromatic carbocycles. The third-order valence-electron chi connectivity index (χ3n) is 3.76. The van der Waals surface area contributed by atoms with E-state index in [1.807, 2.05) is 43.3 Å². The van der Waals surface area contributed by atoms with Gasteiger partial charge in [0.2, 0.25) is 11.8 Å². The predicted octanol–water partition coefficient (Wildman–Crippen LogP) is 2.20. The van der Waals surface area contributed by atoms with Gasteiger partial charge in [-0.05, 0) is 35.4 Å². The van der Waals surface area contributed by atoms with Crippen LogP contribution in [0.5, 0.6) is 5.75 Å². The molecule has 0 fully saturated rings. The summed E-state index contributed by atoms with van der Waals surface area (Å²) in [7, 11) is 1.64. The topological polar surface area (TPSA) is 67.4 Å². The van der Waals surface area contributed by atoms with Crippen LogP contribution >= 0.6 is 0 Å². The number of hydrogen-bond donors (Lipinski definition) is 2. The quantitative estimate of drug-likeness (QED) is 0.803. The largest absolute Gasteiger partial charge is 0.497 e. The molecule has 122 valence electrons. The molecular weight excluding hydrogens is 292 g/mol. The molecule has 0 saturated carbocycles. The molecule has 0 spiro atoms. The number of hydrogen-bond acceptors (Lipinski definition) is 3. The first-order valence-electron chi connectivity index (χ1n) is 7.61. The van der Waals surface area contributed by atoms with E-state index in [1.165, 1.54) is 6.92 Å². The zero-order valence-corrected chi connectivity index (χ0v) is 13.7. The average molecular weight is 314 g/mol. The van der Waals surface area contributed by atoms with Crippen LogP contribution in [0, 0.1) is 0 Å². The van der Waals surface area contributed by atoms with Crippen LogP contribution < -0.4 is 15.4 Å². The minimum atomic E-state index is -0.251. The van der Waals surface area contributed by atoms with Crippen LogP contribution in [0.4, 0.5) is 0 Å². The predicted molar refractivity (Wildman–Crippen MR) is 90.6 cm³/mol. The lowest BCUT2D eigenvalue weighted by atomic mass is 9.97. The Balaban J connectivity index is 2.03. The summed E-state index contributed by atoms with van der Waals surface area (Å²) >= 11 is 0. The van der Waals surface area contributed by atoms with Gasteiger partial charge < -0.3 is 15.4 Å². The minimum absolute atomic E-state index is 0.0526. The number of fused-ring (bicyclic) bond motifs is 1. The maximum atomic E-state index is 12.2. The number of ether oxygens (including phenoxy) is 1. The van der Waals surface area contributed by atoms with Crippen molar-refractivity contribution in [2.45, 2.75) is 19.8 Å². The summed E-state index contributed by atoms with van der Waals surface area (Å²) in [6, 6.07) is 11.8. The first kappa shape index (κ1) is 16.8. The lowest BCUT2D eigenvalue weighted by Gasteiger charge is -2.14. The molecule has 2 amide bonds. The number of rotatable bonds is 6. The molecule has 0 aromatic heterocycles. The second kappa shape index (κ2) is 7.63. The number of methoxy groups -OCH3 is 1. The Labute approximate surface area is 136 Å². The highest BCUT2D eigenvalue weighted by molar-refractivity contribution is 5.88. The van der Waals surface area contributed by atoms with E-state index in [1.54, 1.807) is 7.11 Å². The van der Waals surface area contributed by atoms with Crippen molar-refractivity contribution in [2.24, 2.45) is 0 Å². The van der Waals surface area contributed by atoms with Crippen molar-refractivity contribution in [2.75, 3.05) is 20.2 Å². The molecule has 0 bridgehead atoms. The molecular formula is C18H22N2O3. The van der Waals surface area contributed by atoms with E-state index in [2.05, 4.69) is 10.6 Å². The van der Waals surface area contributed by atoms with Gasteiger partial charge in [0.05, 0.1) is 13.0 Å². The third-order valence-corrected chi connectivity index (χ3v) is 3.76. The summed E-state index contributed by atoms with van der Waals surface area (Å²) in [6.45, 7) is 4.19. The van der Waals surface area contributed by atoms with Gasteiger partial charge in [0, 0.05) is 20.0 Å². The Morgan fingerprint density at radius 1 is 1.04 bits per heavy atom. The Bertz CT molecular complexity index is 712. The molecule has 0 aliphatic rings. The van der Waals surface area contributed by atoms with Gasteiger partial charge in [-0.15, -0.1) is 0 Å². The maximum Gasteiger partial charge on any atom is 0.227 e. The molecule has 2 rings (SSSR count). The van der Waals surface area contributed by atoms with Gasteiger partial charge >= 0.3 is 0 Å². The van der Waals surface area contributed by atoms with Gasteiger partial charge in [-0.2, -0.15) is 0 Å². The molecule has 0 heterocycles. The van der Waals surface area contributed by atoms with Crippen molar-refractivity contribution in [1.29, 1.82) is 0 Å². The number of nitrogens with one attached hydrogen (secondary N) is 2. The van der Waals surface area contributed by atoms with Crippen LogP contribution in [-0.4, -0.2) is 32.0 Å². The van der Waals surface area contributed by atoms with Gasteiger partial charge in [-0.3, -0.25) is 9.59 Å². The molecule has 0 aliphatic carbocycles. The molecule has 23 heavy (non-hydrogen) atoms. The van der Waals surface area contributed by atoms with Gasteiger partial charge in [0.15, 0.2) is 0 Å². The van der Waals surface area contributed by atoms with E-state index in [9.17, 15) is 9.59 Å². The van der Waals surface area contributed by atoms with Gasteiger partial charge in [-0.1, -0.05) is 24.3 Å². The second-order valence-electron chi connectivity index (χ2n) is 5.47. The van der Waals surface area contributed by atoms with Crippen LogP contribution in [0.1, 0.15) is 25.3 Å². The van der Waals surface area contributed by atoms with Crippen molar-refractivity contribution in [3.05, 3.63) is 42.0 Å². The summed E-state index contributed by atoms with van der Waals surface area (Å²) in [4.78, 5) is 23.0. The second-order valence-corrected chi connectivity index (χ2v) is 5.47. The zero-order valence-electron chi connectivity index (χ0n) is 13.7. The van der Waals surface area contributed by atoms with Crippen LogP contribution in [0.25, 0.3) is 10.8 Å². The number of carbonyl (C=O) groups is 2. The van der Waals surface area contributed by atoms with Crippen LogP contribution in [0.2, 0.25) is 0 Å². The highest BCUT2D eigenvalue weighted by Crippen LogP contribution is 2.25. The maximum absolute atomic E-state index is 12.2. The van der Waals surface area contributed by atoms with Crippen LogP contribution in [-0.2, 0) is 9.59 Å². The van der Waals surface area contributed by atoms with Crippen molar-refractivity contribution in [3.8, 4) is 5.75 Å². The Kier molecular flexibility index (Phi) is 5.57. The summed E-state index contributed by atoms with van der Waals surface area (Å²) in [5.41, 5.74) is 0.958. The molecule has 5 heteroatoms. The van der Waals surface area contributed by atoms with Crippen LogP contribution in [0.15, 0.2) is 36.4 Å². The summed E-state index contributed by atoms with van der Waals surface area (Å²) in [6.07, 6.45) is 0. The fraction of sp³-hybridized carbons (Fsp3) is 0.333. The molecule has 1 atom stereocenters. The van der Waals surface area contributed by atoms with E-state index < -0.39 is 0 Å². The van der Waals surface area contributed by atoms with E-state index in [0.717, 1.165) is 22.1 Å². The molecule has 5 nitrogen and oxygen atoms in total. The van der Waals surface area contributed by atoms with Crippen LogP contribution in [0.3, 0.4) is 0 Å². The smallest absolute Gasteiger partial charge is 0.227 e. The van der Waals surface area contributed by atoms with E-state index in [-0.39, 0.29) is 17.7 Å². The first-order valence-corrected chi connectivity index (χ1v) is 7.61. The number of amides is 2. The third kappa shape index (κ3) is 4.45. The molecule has 0 saturated heterocycles.